The van der Waals surface area contributed by atoms with Crippen LogP contribution in [0, 0.1) is 5.41 Å². The molecule has 1 aliphatic rings. The molecule has 0 aromatic heterocycles. The first-order valence-electron chi connectivity index (χ1n) is 9.73. The minimum atomic E-state index is 0.147. The zero-order valence-corrected chi connectivity index (χ0v) is 16.7. The molecule has 0 saturated carbocycles. The molecule has 1 atom stereocenters. The predicted octanol–water partition coefficient (Wildman–Crippen LogP) is 5.65. The van der Waals surface area contributed by atoms with E-state index in [1.54, 1.807) is 0 Å². The van der Waals surface area contributed by atoms with Crippen molar-refractivity contribution in [1.29, 1.82) is 0 Å². The molecule has 0 spiro atoms. The highest BCUT2D eigenvalue weighted by atomic mass is 16.5. The number of nitrogens with zero attached hydrogens (tertiary/aromatic N) is 1. The Balaban J connectivity index is 1.88. The summed E-state index contributed by atoms with van der Waals surface area (Å²) in [6.07, 6.45) is 5.34. The number of hydrogen-bond acceptors (Lipinski definition) is 2. The van der Waals surface area contributed by atoms with Crippen LogP contribution in [-0.4, -0.2) is 30.6 Å². The maximum Gasteiger partial charge on any atom is 0.119 e. The van der Waals surface area contributed by atoms with Gasteiger partial charge in [-0.15, -0.1) is 0 Å². The van der Waals surface area contributed by atoms with Gasteiger partial charge in [0.2, 0.25) is 0 Å². The number of rotatable bonds is 6. The fourth-order valence-corrected chi connectivity index (χ4v) is 3.50. The molecule has 1 heterocycles. The Morgan fingerprint density at radius 1 is 1.04 bits per heavy atom. The third kappa shape index (κ3) is 4.53. The molecule has 0 radical (unpaired) electrons. The first-order valence-corrected chi connectivity index (χ1v) is 9.73. The molecule has 24 heavy (non-hydrogen) atoms. The van der Waals surface area contributed by atoms with Crippen molar-refractivity contribution >= 4 is 0 Å². The van der Waals surface area contributed by atoms with Gasteiger partial charge in [-0.3, -0.25) is 4.90 Å². The summed E-state index contributed by atoms with van der Waals surface area (Å²) in [6.45, 7) is 16.9. The minimum absolute atomic E-state index is 0.147. The molecule has 136 valence electrons. The number of hydrogen-bond donors (Lipinski definition) is 0. The van der Waals surface area contributed by atoms with Gasteiger partial charge in [-0.05, 0) is 54.3 Å². The Bertz CT molecular complexity index is 498. The lowest BCUT2D eigenvalue weighted by Crippen LogP contribution is -2.41. The van der Waals surface area contributed by atoms with Crippen LogP contribution in [0.3, 0.4) is 0 Å². The SMILES string of the molecule is CCC1CCCCN1CCOc1ccc(C(C)(C)C(C)(C)C)cc1. The molecular formula is C22H37NO. The van der Waals surface area contributed by atoms with Crippen molar-refractivity contribution in [3.8, 4) is 5.75 Å². The van der Waals surface area contributed by atoms with E-state index in [1.807, 2.05) is 0 Å². The van der Waals surface area contributed by atoms with Gasteiger partial charge in [-0.1, -0.05) is 60.1 Å². The summed E-state index contributed by atoms with van der Waals surface area (Å²) in [5, 5.41) is 0. The van der Waals surface area contributed by atoms with E-state index in [0.29, 0.717) is 0 Å². The van der Waals surface area contributed by atoms with Crippen LogP contribution < -0.4 is 4.74 Å². The Labute approximate surface area is 149 Å². The van der Waals surface area contributed by atoms with Gasteiger partial charge < -0.3 is 4.74 Å². The van der Waals surface area contributed by atoms with Crippen LogP contribution in [0.25, 0.3) is 0 Å². The molecule has 1 saturated heterocycles. The lowest BCUT2D eigenvalue weighted by Gasteiger charge is -2.39. The van der Waals surface area contributed by atoms with Crippen LogP contribution in [0.4, 0.5) is 0 Å². The molecule has 1 unspecified atom stereocenters. The van der Waals surface area contributed by atoms with Crippen LogP contribution in [-0.2, 0) is 5.41 Å². The van der Waals surface area contributed by atoms with Gasteiger partial charge in [0.25, 0.3) is 0 Å². The van der Waals surface area contributed by atoms with E-state index in [0.717, 1.165) is 24.9 Å². The van der Waals surface area contributed by atoms with Gasteiger partial charge in [0.05, 0.1) is 0 Å². The molecule has 2 heteroatoms. The molecule has 1 fully saturated rings. The Morgan fingerprint density at radius 3 is 2.29 bits per heavy atom. The molecule has 0 bridgehead atoms. The fourth-order valence-electron chi connectivity index (χ4n) is 3.50. The van der Waals surface area contributed by atoms with Crippen molar-refractivity contribution in [3.05, 3.63) is 29.8 Å². The van der Waals surface area contributed by atoms with Crippen LogP contribution in [0.1, 0.15) is 72.8 Å². The average molecular weight is 332 g/mol. The van der Waals surface area contributed by atoms with Crippen molar-refractivity contribution in [3.63, 3.8) is 0 Å². The van der Waals surface area contributed by atoms with Gasteiger partial charge in [0.1, 0.15) is 12.4 Å². The summed E-state index contributed by atoms with van der Waals surface area (Å²) in [7, 11) is 0. The summed E-state index contributed by atoms with van der Waals surface area (Å²) in [5.74, 6) is 0.994. The number of benzene rings is 1. The first kappa shape index (κ1) is 19.3. The monoisotopic (exact) mass is 331 g/mol. The Morgan fingerprint density at radius 2 is 1.71 bits per heavy atom. The highest BCUT2D eigenvalue weighted by Gasteiger charge is 2.34. The smallest absolute Gasteiger partial charge is 0.119 e. The van der Waals surface area contributed by atoms with E-state index in [-0.39, 0.29) is 10.8 Å². The predicted molar refractivity (Wildman–Crippen MR) is 104 cm³/mol. The number of ether oxygens (including phenoxy) is 1. The third-order valence-corrected chi connectivity index (χ3v) is 6.32. The van der Waals surface area contributed by atoms with Gasteiger partial charge >= 0.3 is 0 Å². The summed E-state index contributed by atoms with van der Waals surface area (Å²) in [5.41, 5.74) is 1.76. The fraction of sp³-hybridized carbons (Fsp3) is 0.727. The van der Waals surface area contributed by atoms with Gasteiger partial charge in [-0.25, -0.2) is 0 Å². The van der Waals surface area contributed by atoms with Gasteiger partial charge in [0.15, 0.2) is 0 Å². The van der Waals surface area contributed by atoms with E-state index >= 15 is 0 Å². The lowest BCUT2D eigenvalue weighted by molar-refractivity contribution is 0.120. The average Bonchev–Trinajstić information content (AvgIpc) is 2.55. The Kier molecular flexibility index (Phi) is 6.36. The maximum absolute atomic E-state index is 6.01. The second-order valence-corrected chi connectivity index (χ2v) is 8.84. The number of likely N-dealkylation sites (tertiary alicyclic amines) is 1. The lowest BCUT2D eigenvalue weighted by atomic mass is 9.65. The second-order valence-electron chi connectivity index (χ2n) is 8.84. The van der Waals surface area contributed by atoms with Crippen LogP contribution >= 0.6 is 0 Å². The second kappa shape index (κ2) is 7.91. The summed E-state index contributed by atoms with van der Waals surface area (Å²) >= 11 is 0. The molecule has 1 aromatic carbocycles. The van der Waals surface area contributed by atoms with E-state index in [9.17, 15) is 0 Å². The van der Waals surface area contributed by atoms with E-state index in [4.69, 9.17) is 4.74 Å². The zero-order valence-electron chi connectivity index (χ0n) is 16.7. The normalized spacial score (nSPS) is 20.2. The summed E-state index contributed by atoms with van der Waals surface area (Å²) in [4.78, 5) is 2.61. The number of piperidine rings is 1. The first-order chi connectivity index (χ1) is 11.3. The summed E-state index contributed by atoms with van der Waals surface area (Å²) < 4.78 is 6.01. The molecule has 0 N–H and O–H groups in total. The molecule has 1 aromatic rings. The van der Waals surface area contributed by atoms with Crippen molar-refractivity contribution in [1.82, 2.24) is 4.90 Å². The molecule has 0 aliphatic carbocycles. The molecule has 0 amide bonds. The molecule has 1 aliphatic heterocycles. The molecular weight excluding hydrogens is 294 g/mol. The quantitative estimate of drug-likeness (QED) is 0.667. The van der Waals surface area contributed by atoms with E-state index in [1.165, 1.54) is 37.8 Å². The standard InChI is InChI=1S/C22H37NO/c1-7-19-10-8-9-15-23(19)16-17-24-20-13-11-18(12-14-20)22(5,6)21(2,3)4/h11-14,19H,7-10,15-17H2,1-6H3. The van der Waals surface area contributed by atoms with Crippen molar-refractivity contribution < 1.29 is 4.74 Å². The van der Waals surface area contributed by atoms with Crippen LogP contribution in [0.5, 0.6) is 5.75 Å². The van der Waals surface area contributed by atoms with E-state index in [2.05, 4.69) is 70.7 Å². The minimum Gasteiger partial charge on any atom is -0.492 e. The van der Waals surface area contributed by atoms with Gasteiger partial charge in [0, 0.05) is 12.6 Å². The largest absolute Gasteiger partial charge is 0.492 e. The topological polar surface area (TPSA) is 12.5 Å². The highest BCUT2D eigenvalue weighted by molar-refractivity contribution is 5.32. The van der Waals surface area contributed by atoms with Crippen molar-refractivity contribution in [2.24, 2.45) is 5.41 Å². The van der Waals surface area contributed by atoms with E-state index < -0.39 is 0 Å². The third-order valence-electron chi connectivity index (χ3n) is 6.32. The van der Waals surface area contributed by atoms with Gasteiger partial charge in [-0.2, -0.15) is 0 Å². The summed E-state index contributed by atoms with van der Waals surface area (Å²) in [6, 6.07) is 9.50. The highest BCUT2D eigenvalue weighted by Crippen LogP contribution is 2.41. The van der Waals surface area contributed by atoms with Crippen LogP contribution in [0.2, 0.25) is 0 Å². The molecule has 2 rings (SSSR count). The molecule has 2 nitrogen and oxygen atoms in total. The zero-order chi connectivity index (χ0) is 17.8. The maximum atomic E-state index is 6.01. The van der Waals surface area contributed by atoms with Crippen molar-refractivity contribution in [2.75, 3.05) is 19.7 Å². The van der Waals surface area contributed by atoms with Crippen molar-refractivity contribution in [2.45, 2.75) is 78.7 Å². The van der Waals surface area contributed by atoms with Crippen LogP contribution in [0.15, 0.2) is 24.3 Å². The Hall–Kier alpha value is -1.02.